The molecule has 16 valence electrons. The third-order valence-electron chi connectivity index (χ3n) is 0. The molecule has 0 aliphatic rings. The standard InChI is InChI=1S/2ClH.In.Zn/h2*1H;;/q;;+3;+2/p-2. The predicted molar refractivity (Wildman–Crippen MR) is 5.75 cm³/mol. The van der Waals surface area contributed by atoms with Crippen molar-refractivity contribution >= 4 is 25.8 Å². The van der Waals surface area contributed by atoms with E-state index in [-0.39, 0.29) is 70.1 Å². The van der Waals surface area contributed by atoms with E-state index in [1.807, 2.05) is 0 Å². The molecule has 0 amide bonds. The van der Waals surface area contributed by atoms with Crippen molar-refractivity contribution in [3.8, 4) is 0 Å². The maximum absolute atomic E-state index is 0. The second kappa shape index (κ2) is 19.6. The second-order valence-corrected chi connectivity index (χ2v) is 0. The van der Waals surface area contributed by atoms with E-state index in [1.165, 1.54) is 0 Å². The molecule has 0 spiro atoms. The van der Waals surface area contributed by atoms with Gasteiger partial charge in [-0.1, -0.05) is 0 Å². The van der Waals surface area contributed by atoms with Crippen LogP contribution in [0.15, 0.2) is 0 Å². The Morgan fingerprint density at radius 1 is 0.750 bits per heavy atom. The van der Waals surface area contributed by atoms with E-state index >= 15 is 0 Å². The van der Waals surface area contributed by atoms with Crippen molar-refractivity contribution in [1.29, 1.82) is 0 Å². The van der Waals surface area contributed by atoms with Gasteiger partial charge in [0.05, 0.1) is 0 Å². The average molecular weight is 251 g/mol. The van der Waals surface area contributed by atoms with Crippen molar-refractivity contribution in [2.24, 2.45) is 0 Å². The summed E-state index contributed by atoms with van der Waals surface area (Å²) in [4.78, 5) is 0. The van der Waals surface area contributed by atoms with Gasteiger partial charge < -0.3 is 24.8 Å². The van der Waals surface area contributed by atoms with Crippen LogP contribution in [0.2, 0.25) is 0 Å². The van der Waals surface area contributed by atoms with Crippen molar-refractivity contribution < 1.29 is 44.3 Å². The van der Waals surface area contributed by atoms with Gasteiger partial charge in [0.1, 0.15) is 0 Å². The van der Waals surface area contributed by atoms with Crippen LogP contribution in [0.25, 0.3) is 0 Å². The summed E-state index contributed by atoms with van der Waals surface area (Å²) in [6, 6.07) is 0. The molecule has 0 radical (unpaired) electrons. The van der Waals surface area contributed by atoms with Crippen molar-refractivity contribution in [3.63, 3.8) is 0 Å². The molecule has 0 nitrogen and oxygen atoms in total. The molecule has 0 rings (SSSR count). The zero-order chi connectivity index (χ0) is 0. The minimum absolute atomic E-state index is 0. The minimum atomic E-state index is 0. The van der Waals surface area contributed by atoms with Crippen LogP contribution in [0, 0.1) is 0 Å². The van der Waals surface area contributed by atoms with Crippen LogP contribution in [0.3, 0.4) is 0 Å². The first-order valence-corrected chi connectivity index (χ1v) is 0. The summed E-state index contributed by atoms with van der Waals surface area (Å²) in [5.74, 6) is 0. The third-order valence-corrected chi connectivity index (χ3v) is 0. The largest absolute Gasteiger partial charge is 3.00 e. The summed E-state index contributed by atoms with van der Waals surface area (Å²) in [6.45, 7) is 0. The molecule has 0 aliphatic heterocycles. The van der Waals surface area contributed by atoms with E-state index in [4.69, 9.17) is 0 Å². The van der Waals surface area contributed by atoms with Crippen LogP contribution in [0.1, 0.15) is 0 Å². The fourth-order valence-corrected chi connectivity index (χ4v) is 0. The predicted octanol–water partition coefficient (Wildman–Crippen LogP) is -6.38. The van der Waals surface area contributed by atoms with E-state index in [0.717, 1.165) is 0 Å². The zero-order valence-electron chi connectivity index (χ0n) is 2.04. The first kappa shape index (κ1) is 36.4. The van der Waals surface area contributed by atoms with Gasteiger partial charge in [-0.2, -0.15) is 0 Å². The SMILES string of the molecule is [Cl-].[Cl-].[In+3].[Zn+2]. The van der Waals surface area contributed by atoms with E-state index in [1.54, 1.807) is 0 Å². The maximum Gasteiger partial charge on any atom is 3.00 e. The first-order chi connectivity index (χ1) is 0. The molecule has 0 aromatic heterocycles. The fraction of sp³-hybridized carbons (Fsp3) is 0. The van der Waals surface area contributed by atoms with Crippen molar-refractivity contribution in [3.05, 3.63) is 0 Å². The Kier molecular flexibility index (Phi) is 178. The Morgan fingerprint density at radius 3 is 0.750 bits per heavy atom. The van der Waals surface area contributed by atoms with Crippen LogP contribution in [-0.4, -0.2) is 25.8 Å². The number of rotatable bonds is 0. The van der Waals surface area contributed by atoms with Gasteiger partial charge in [0.2, 0.25) is 0 Å². The summed E-state index contributed by atoms with van der Waals surface area (Å²) < 4.78 is 0. The van der Waals surface area contributed by atoms with Gasteiger partial charge >= 0.3 is 45.3 Å². The topological polar surface area (TPSA) is 0 Å². The first-order valence-electron chi connectivity index (χ1n) is 0. The molecule has 0 aromatic rings. The van der Waals surface area contributed by atoms with Gasteiger partial charge in [-0.3, -0.25) is 0 Å². The van der Waals surface area contributed by atoms with Gasteiger partial charge in [-0.05, 0) is 0 Å². The molecule has 0 heterocycles. The second-order valence-electron chi connectivity index (χ2n) is 0. The molecule has 0 bridgehead atoms. The Morgan fingerprint density at radius 2 is 0.750 bits per heavy atom. The van der Waals surface area contributed by atoms with Gasteiger partial charge in [0.25, 0.3) is 0 Å². The summed E-state index contributed by atoms with van der Waals surface area (Å²) in [5, 5.41) is 0. The van der Waals surface area contributed by atoms with Crippen LogP contribution in [0.5, 0.6) is 0 Å². The summed E-state index contributed by atoms with van der Waals surface area (Å²) in [7, 11) is 0. The normalized spacial score (nSPS) is 0. The number of hydrogen-bond donors (Lipinski definition) is 0. The summed E-state index contributed by atoms with van der Waals surface area (Å²) >= 11 is 0. The molecule has 0 saturated heterocycles. The molecular weight excluding hydrogens is 251 g/mol. The average Bonchev–Trinajstić information content (AvgIpc) is 0. The quantitative estimate of drug-likeness (QED) is 0.376. The van der Waals surface area contributed by atoms with E-state index in [2.05, 4.69) is 0 Å². The van der Waals surface area contributed by atoms with Crippen LogP contribution in [-0.2, 0) is 19.5 Å². The monoisotopic (exact) mass is 249 g/mol. The number of halogens is 2. The molecule has 0 saturated carbocycles. The molecule has 0 fully saturated rings. The summed E-state index contributed by atoms with van der Waals surface area (Å²) in [5.41, 5.74) is 0. The Hall–Kier alpha value is 2.07. The molecular formula is Cl2InZn+3. The molecule has 0 N–H and O–H groups in total. The molecule has 0 aromatic carbocycles. The molecule has 0 aliphatic carbocycles. The Labute approximate surface area is 69.5 Å². The molecule has 0 unspecified atom stereocenters. The van der Waals surface area contributed by atoms with Crippen molar-refractivity contribution in [2.45, 2.75) is 0 Å². The van der Waals surface area contributed by atoms with Gasteiger partial charge in [0.15, 0.2) is 0 Å². The molecule has 4 heteroatoms. The fourth-order valence-electron chi connectivity index (χ4n) is 0. The van der Waals surface area contributed by atoms with Gasteiger partial charge in [-0.25, -0.2) is 0 Å². The Balaban J connectivity index is 0. The zero-order valence-corrected chi connectivity index (χ0v) is 9.82. The van der Waals surface area contributed by atoms with E-state index in [0.29, 0.717) is 0 Å². The Bertz CT molecular complexity index is 6.00. The number of hydrogen-bond acceptors (Lipinski definition) is 0. The maximum atomic E-state index is 0. The van der Waals surface area contributed by atoms with Gasteiger partial charge in [0, 0.05) is 0 Å². The van der Waals surface area contributed by atoms with Crippen molar-refractivity contribution in [1.82, 2.24) is 0 Å². The molecule has 0 atom stereocenters. The van der Waals surface area contributed by atoms with E-state index < -0.39 is 0 Å². The minimum Gasteiger partial charge on any atom is -1.00 e. The van der Waals surface area contributed by atoms with Crippen LogP contribution >= 0.6 is 0 Å². The smallest absolute Gasteiger partial charge is 1.00 e. The van der Waals surface area contributed by atoms with Crippen LogP contribution in [0.4, 0.5) is 0 Å². The molecule has 4 heavy (non-hydrogen) atoms. The van der Waals surface area contributed by atoms with E-state index in [9.17, 15) is 0 Å². The van der Waals surface area contributed by atoms with Crippen LogP contribution < -0.4 is 24.8 Å². The third kappa shape index (κ3) is 8.95. The van der Waals surface area contributed by atoms with Gasteiger partial charge in [-0.15, -0.1) is 0 Å². The van der Waals surface area contributed by atoms with Crippen molar-refractivity contribution in [2.75, 3.05) is 0 Å². The summed E-state index contributed by atoms with van der Waals surface area (Å²) in [6.07, 6.45) is 0.